The Morgan fingerprint density at radius 1 is 1.11 bits per heavy atom. The van der Waals surface area contributed by atoms with Crippen LogP contribution in [0.4, 0.5) is 4.39 Å². The Morgan fingerprint density at radius 2 is 1.68 bits per heavy atom. The molecule has 1 amide bonds. The lowest BCUT2D eigenvalue weighted by Crippen LogP contribution is -2.46. The van der Waals surface area contributed by atoms with Crippen molar-refractivity contribution < 1.29 is 9.18 Å². The summed E-state index contributed by atoms with van der Waals surface area (Å²) in [6.45, 7) is 4.63. The number of aryl methyl sites for hydroxylation is 1. The third-order valence-corrected chi connectivity index (χ3v) is 4.97. The number of nitrogens with two attached hydrogens (primary N) is 1. The molecule has 0 saturated carbocycles. The van der Waals surface area contributed by atoms with Gasteiger partial charge < -0.3 is 11.1 Å². The van der Waals surface area contributed by atoms with E-state index in [1.807, 2.05) is 43.3 Å². The first kappa shape index (κ1) is 24.4. The fourth-order valence-electron chi connectivity index (χ4n) is 3.30. The smallest absolute Gasteiger partial charge is 0.241 e. The Balaban J connectivity index is 0.00000196. The second-order valence-corrected chi connectivity index (χ2v) is 7.07. The molecule has 1 fully saturated rings. The lowest BCUT2D eigenvalue weighted by atomic mass is 10.0. The highest BCUT2D eigenvalue weighted by Crippen LogP contribution is 2.16. The van der Waals surface area contributed by atoms with Crippen molar-refractivity contribution in [2.45, 2.75) is 38.4 Å². The zero-order chi connectivity index (χ0) is 18.5. The number of hydrogen-bond acceptors (Lipinski definition) is 3. The van der Waals surface area contributed by atoms with Crippen LogP contribution in [-0.2, 0) is 11.3 Å². The summed E-state index contributed by atoms with van der Waals surface area (Å²) in [5.74, 6) is -0.328. The monoisotopic (exact) mass is 427 g/mol. The average molecular weight is 428 g/mol. The maximum Gasteiger partial charge on any atom is 0.241 e. The summed E-state index contributed by atoms with van der Waals surface area (Å²) >= 11 is 0. The van der Waals surface area contributed by atoms with E-state index in [-0.39, 0.29) is 42.6 Å². The summed E-state index contributed by atoms with van der Waals surface area (Å²) in [7, 11) is 0. The number of likely N-dealkylation sites (tertiary alicyclic amines) is 1. The van der Waals surface area contributed by atoms with E-state index in [2.05, 4.69) is 10.2 Å². The SMILES string of the molecule is Cc1ccc(C(N)C(=O)NC2CCN(Cc3ccc(F)cc3)CC2)cc1.Cl.Cl. The average Bonchev–Trinajstić information content (AvgIpc) is 2.65. The zero-order valence-electron chi connectivity index (χ0n) is 15.9. The second kappa shape index (κ2) is 11.4. The minimum Gasteiger partial charge on any atom is -0.352 e. The number of rotatable bonds is 5. The van der Waals surface area contributed by atoms with Crippen LogP contribution in [0.25, 0.3) is 0 Å². The first-order valence-electron chi connectivity index (χ1n) is 9.10. The Labute approximate surface area is 178 Å². The van der Waals surface area contributed by atoms with E-state index < -0.39 is 6.04 Å². The molecule has 1 atom stereocenters. The number of carbonyl (C=O) groups is 1. The molecular formula is C21H28Cl2FN3O. The lowest BCUT2D eigenvalue weighted by Gasteiger charge is -2.32. The summed E-state index contributed by atoms with van der Waals surface area (Å²) < 4.78 is 13.0. The summed E-state index contributed by atoms with van der Waals surface area (Å²) in [6.07, 6.45) is 1.79. The molecule has 1 unspecified atom stereocenters. The number of halogens is 3. The van der Waals surface area contributed by atoms with Crippen molar-refractivity contribution in [2.24, 2.45) is 5.73 Å². The quantitative estimate of drug-likeness (QED) is 0.763. The van der Waals surface area contributed by atoms with Crippen LogP contribution in [0.3, 0.4) is 0 Å². The summed E-state index contributed by atoms with van der Waals surface area (Å²) in [4.78, 5) is 14.7. The molecule has 7 heteroatoms. The van der Waals surface area contributed by atoms with Crippen molar-refractivity contribution in [3.05, 3.63) is 71.0 Å². The molecule has 154 valence electrons. The molecule has 28 heavy (non-hydrogen) atoms. The second-order valence-electron chi connectivity index (χ2n) is 7.07. The van der Waals surface area contributed by atoms with Crippen LogP contribution in [0, 0.1) is 12.7 Å². The van der Waals surface area contributed by atoms with E-state index in [1.54, 1.807) is 0 Å². The van der Waals surface area contributed by atoms with Gasteiger partial charge in [-0.1, -0.05) is 42.0 Å². The van der Waals surface area contributed by atoms with Gasteiger partial charge in [0.15, 0.2) is 0 Å². The summed E-state index contributed by atoms with van der Waals surface area (Å²) in [5.41, 5.74) is 9.18. The molecule has 0 bridgehead atoms. The van der Waals surface area contributed by atoms with Crippen molar-refractivity contribution >= 4 is 30.7 Å². The van der Waals surface area contributed by atoms with Crippen LogP contribution < -0.4 is 11.1 Å². The number of amides is 1. The summed E-state index contributed by atoms with van der Waals surface area (Å²) in [6, 6.07) is 13.9. The van der Waals surface area contributed by atoms with Gasteiger partial charge in [0.25, 0.3) is 0 Å². The molecule has 1 heterocycles. The van der Waals surface area contributed by atoms with Gasteiger partial charge >= 0.3 is 0 Å². The maximum atomic E-state index is 13.0. The highest BCUT2D eigenvalue weighted by atomic mass is 35.5. The van der Waals surface area contributed by atoms with Gasteiger partial charge in [0.05, 0.1) is 0 Å². The topological polar surface area (TPSA) is 58.4 Å². The van der Waals surface area contributed by atoms with Gasteiger partial charge in [-0.3, -0.25) is 9.69 Å². The standard InChI is InChI=1S/C21H26FN3O.2ClH/c1-15-2-6-17(7-3-15)20(23)21(26)24-19-10-12-25(13-11-19)14-16-4-8-18(22)9-5-16;;/h2-9,19-20H,10-14,23H2,1H3,(H,24,26);2*1H. The molecular weight excluding hydrogens is 400 g/mol. The molecule has 0 radical (unpaired) electrons. The Kier molecular flexibility index (Phi) is 9.90. The van der Waals surface area contributed by atoms with Crippen LogP contribution in [-0.4, -0.2) is 29.9 Å². The van der Waals surface area contributed by atoms with Crippen LogP contribution >= 0.6 is 24.8 Å². The first-order valence-corrected chi connectivity index (χ1v) is 9.10. The number of nitrogens with zero attached hydrogens (tertiary/aromatic N) is 1. The molecule has 2 aromatic rings. The predicted molar refractivity (Wildman–Crippen MR) is 115 cm³/mol. The minimum absolute atomic E-state index is 0. The molecule has 0 aliphatic carbocycles. The van der Waals surface area contributed by atoms with E-state index in [0.29, 0.717) is 0 Å². The highest BCUT2D eigenvalue weighted by molar-refractivity contribution is 5.85. The third kappa shape index (κ3) is 6.74. The van der Waals surface area contributed by atoms with Gasteiger partial charge in [-0.15, -0.1) is 24.8 Å². The number of benzene rings is 2. The first-order chi connectivity index (χ1) is 12.5. The van der Waals surface area contributed by atoms with Gasteiger partial charge in [-0.05, 0) is 43.0 Å². The van der Waals surface area contributed by atoms with Crippen LogP contribution in [0.2, 0.25) is 0 Å². The fourth-order valence-corrected chi connectivity index (χ4v) is 3.30. The van der Waals surface area contributed by atoms with E-state index in [0.717, 1.165) is 49.2 Å². The number of carbonyl (C=O) groups excluding carboxylic acids is 1. The van der Waals surface area contributed by atoms with E-state index in [4.69, 9.17) is 5.73 Å². The molecule has 1 aliphatic heterocycles. The number of hydrogen-bond donors (Lipinski definition) is 2. The van der Waals surface area contributed by atoms with E-state index >= 15 is 0 Å². The van der Waals surface area contributed by atoms with Crippen molar-refractivity contribution in [3.63, 3.8) is 0 Å². The van der Waals surface area contributed by atoms with Gasteiger partial charge in [0, 0.05) is 25.7 Å². The molecule has 2 aromatic carbocycles. The molecule has 0 aromatic heterocycles. The molecule has 0 spiro atoms. The Morgan fingerprint density at radius 3 is 2.25 bits per heavy atom. The molecule has 4 nitrogen and oxygen atoms in total. The molecule has 1 saturated heterocycles. The highest BCUT2D eigenvalue weighted by Gasteiger charge is 2.23. The van der Waals surface area contributed by atoms with Gasteiger partial charge in [0.2, 0.25) is 5.91 Å². The third-order valence-electron chi connectivity index (χ3n) is 4.97. The van der Waals surface area contributed by atoms with Crippen molar-refractivity contribution in [3.8, 4) is 0 Å². The molecule has 3 N–H and O–H groups in total. The molecule has 3 rings (SSSR count). The largest absolute Gasteiger partial charge is 0.352 e. The minimum atomic E-state index is -0.632. The Hall–Kier alpha value is -1.66. The maximum absolute atomic E-state index is 13.0. The predicted octanol–water partition coefficient (Wildman–Crippen LogP) is 3.76. The van der Waals surface area contributed by atoms with Crippen molar-refractivity contribution in [1.82, 2.24) is 10.2 Å². The molecule has 1 aliphatic rings. The lowest BCUT2D eigenvalue weighted by molar-refractivity contribution is -0.123. The zero-order valence-corrected chi connectivity index (χ0v) is 17.6. The van der Waals surface area contributed by atoms with Crippen molar-refractivity contribution in [2.75, 3.05) is 13.1 Å². The number of piperidine rings is 1. The fraction of sp³-hybridized carbons (Fsp3) is 0.381. The Bertz CT molecular complexity index is 732. The van der Waals surface area contributed by atoms with Gasteiger partial charge in [-0.25, -0.2) is 4.39 Å². The van der Waals surface area contributed by atoms with Crippen LogP contribution in [0.5, 0.6) is 0 Å². The van der Waals surface area contributed by atoms with Crippen LogP contribution in [0.1, 0.15) is 35.6 Å². The van der Waals surface area contributed by atoms with Gasteiger partial charge in [-0.2, -0.15) is 0 Å². The van der Waals surface area contributed by atoms with E-state index in [9.17, 15) is 9.18 Å². The summed E-state index contributed by atoms with van der Waals surface area (Å²) in [5, 5.41) is 3.08. The van der Waals surface area contributed by atoms with Gasteiger partial charge in [0.1, 0.15) is 11.9 Å². The van der Waals surface area contributed by atoms with E-state index in [1.165, 1.54) is 12.1 Å². The van der Waals surface area contributed by atoms with Crippen molar-refractivity contribution in [1.29, 1.82) is 0 Å². The number of nitrogens with one attached hydrogen (secondary N) is 1. The van der Waals surface area contributed by atoms with Crippen LogP contribution in [0.15, 0.2) is 48.5 Å². The normalized spacial score (nSPS) is 15.8.